The van der Waals surface area contributed by atoms with Crippen LogP contribution in [0.5, 0.6) is 5.75 Å². The van der Waals surface area contributed by atoms with Gasteiger partial charge in [0.05, 0.1) is 7.11 Å². The fourth-order valence-corrected chi connectivity index (χ4v) is 3.48. The van der Waals surface area contributed by atoms with E-state index >= 15 is 0 Å². The third kappa shape index (κ3) is 4.84. The first-order valence-corrected chi connectivity index (χ1v) is 9.41. The van der Waals surface area contributed by atoms with Crippen LogP contribution in [0.3, 0.4) is 0 Å². The lowest BCUT2D eigenvalue weighted by molar-refractivity contribution is -0.143. The highest BCUT2D eigenvalue weighted by atomic mass is 35.5. The second kappa shape index (κ2) is 8.50. The molecule has 27 heavy (non-hydrogen) atoms. The van der Waals surface area contributed by atoms with Crippen LogP contribution in [-0.4, -0.2) is 18.3 Å². The molecule has 3 aromatic rings. The minimum atomic E-state index is -0.509. The fourth-order valence-electron chi connectivity index (χ4n) is 2.49. The summed E-state index contributed by atoms with van der Waals surface area (Å²) in [6.45, 7) is 1.75. The van der Waals surface area contributed by atoms with Gasteiger partial charge in [0.15, 0.2) is 0 Å². The molecule has 0 saturated heterocycles. The van der Waals surface area contributed by atoms with Gasteiger partial charge < -0.3 is 13.9 Å². The average Bonchev–Trinajstić information content (AvgIpc) is 2.66. The molecule has 0 spiro atoms. The Morgan fingerprint density at radius 3 is 2.63 bits per heavy atom. The predicted octanol–water partition coefficient (Wildman–Crippen LogP) is 4.68. The van der Waals surface area contributed by atoms with Gasteiger partial charge in [0.2, 0.25) is 0 Å². The maximum atomic E-state index is 12.3. The summed E-state index contributed by atoms with van der Waals surface area (Å²) in [7, 11) is 1.53. The van der Waals surface area contributed by atoms with Crippen LogP contribution < -0.4 is 10.4 Å². The van der Waals surface area contributed by atoms with Crippen molar-refractivity contribution in [2.24, 2.45) is 0 Å². The number of rotatable bonds is 6. The van der Waals surface area contributed by atoms with E-state index < -0.39 is 10.9 Å². The number of esters is 1. The van der Waals surface area contributed by atoms with Gasteiger partial charge in [-0.05, 0) is 43.3 Å². The van der Waals surface area contributed by atoms with Crippen LogP contribution in [0.15, 0.2) is 62.6 Å². The molecule has 2 aromatic carbocycles. The van der Waals surface area contributed by atoms with Crippen molar-refractivity contribution in [2.75, 3.05) is 7.11 Å². The molecule has 0 saturated carbocycles. The largest absolute Gasteiger partial charge is 0.497 e. The minimum Gasteiger partial charge on any atom is -0.497 e. The lowest BCUT2D eigenvalue weighted by Crippen LogP contribution is -2.17. The van der Waals surface area contributed by atoms with Crippen molar-refractivity contribution in [1.29, 1.82) is 0 Å². The molecule has 3 rings (SSSR count). The number of hydrogen-bond donors (Lipinski definition) is 0. The Morgan fingerprint density at radius 1 is 1.19 bits per heavy atom. The number of hydrogen-bond acceptors (Lipinski definition) is 6. The number of benzene rings is 2. The maximum Gasteiger partial charge on any atom is 0.336 e. The number of thioether (sulfide) groups is 1. The van der Waals surface area contributed by atoms with Crippen molar-refractivity contribution in [3.05, 3.63) is 69.5 Å². The molecule has 0 aliphatic rings. The summed E-state index contributed by atoms with van der Waals surface area (Å²) in [4.78, 5) is 25.0. The van der Waals surface area contributed by atoms with E-state index in [1.807, 2.05) is 12.1 Å². The molecule has 140 valence electrons. The Morgan fingerprint density at radius 2 is 1.93 bits per heavy atom. The summed E-state index contributed by atoms with van der Waals surface area (Å²) in [5.74, 6) is 0.206. The molecule has 0 bridgehead atoms. The first-order chi connectivity index (χ1) is 13.0. The number of ether oxygens (including phenoxy) is 2. The zero-order valence-electron chi connectivity index (χ0n) is 14.7. The second-order valence-corrected chi connectivity index (χ2v) is 7.63. The summed E-state index contributed by atoms with van der Waals surface area (Å²) in [6.07, 6.45) is 0. The number of methoxy groups -OCH3 is 1. The zero-order chi connectivity index (χ0) is 19.4. The highest BCUT2D eigenvalue weighted by Gasteiger charge is 2.17. The molecule has 0 radical (unpaired) electrons. The molecule has 0 unspecified atom stereocenters. The monoisotopic (exact) mass is 404 g/mol. The van der Waals surface area contributed by atoms with Crippen molar-refractivity contribution in [3.63, 3.8) is 0 Å². The SMILES string of the molecule is COc1ccc2c(COC(=O)[C@H](C)Sc3ccc(Cl)cc3)cc(=O)oc2c1. The summed E-state index contributed by atoms with van der Waals surface area (Å²) < 4.78 is 15.7. The lowest BCUT2D eigenvalue weighted by Gasteiger charge is -2.12. The van der Waals surface area contributed by atoms with Crippen LogP contribution in [0.2, 0.25) is 5.02 Å². The minimum absolute atomic E-state index is 0.0151. The molecule has 0 aliphatic heterocycles. The quantitative estimate of drug-likeness (QED) is 0.337. The van der Waals surface area contributed by atoms with Crippen LogP contribution in [-0.2, 0) is 16.1 Å². The smallest absolute Gasteiger partial charge is 0.336 e. The van der Waals surface area contributed by atoms with Gasteiger partial charge in [-0.2, -0.15) is 0 Å². The Bertz CT molecular complexity index is 1010. The highest BCUT2D eigenvalue weighted by Crippen LogP contribution is 2.26. The standard InChI is InChI=1S/C20H17ClO5S/c1-12(27-16-6-3-14(21)4-7-16)20(23)25-11-13-9-19(22)26-18-10-15(24-2)5-8-17(13)18/h3-10,12H,11H2,1-2H3/t12-/m0/s1. The van der Waals surface area contributed by atoms with E-state index in [1.165, 1.54) is 24.9 Å². The number of carbonyl (C=O) groups excluding carboxylic acids is 1. The molecule has 1 aromatic heterocycles. The normalized spacial score (nSPS) is 12.0. The second-order valence-electron chi connectivity index (χ2n) is 5.77. The topological polar surface area (TPSA) is 65.7 Å². The summed E-state index contributed by atoms with van der Waals surface area (Å²) in [6, 6.07) is 13.7. The lowest BCUT2D eigenvalue weighted by atomic mass is 10.1. The molecule has 0 N–H and O–H groups in total. The molecule has 5 nitrogen and oxygen atoms in total. The van der Waals surface area contributed by atoms with E-state index in [0.717, 1.165) is 4.90 Å². The summed E-state index contributed by atoms with van der Waals surface area (Å²) in [5, 5.41) is 0.930. The number of halogens is 1. The van der Waals surface area contributed by atoms with Crippen molar-refractivity contribution in [1.82, 2.24) is 0 Å². The van der Waals surface area contributed by atoms with Gasteiger partial charge >= 0.3 is 11.6 Å². The molecule has 7 heteroatoms. The third-order valence-corrected chi connectivity index (χ3v) is 5.21. The molecular formula is C20H17ClO5S. The van der Waals surface area contributed by atoms with Crippen molar-refractivity contribution in [3.8, 4) is 5.75 Å². The molecule has 1 heterocycles. The third-order valence-electron chi connectivity index (χ3n) is 3.87. The van der Waals surface area contributed by atoms with Gasteiger partial charge in [-0.1, -0.05) is 11.6 Å². The van der Waals surface area contributed by atoms with Crippen LogP contribution in [0.25, 0.3) is 11.0 Å². The highest BCUT2D eigenvalue weighted by molar-refractivity contribution is 8.00. The fraction of sp³-hybridized carbons (Fsp3) is 0.200. The van der Waals surface area contributed by atoms with Crippen molar-refractivity contribution < 1.29 is 18.7 Å². The van der Waals surface area contributed by atoms with E-state index in [1.54, 1.807) is 37.3 Å². The average molecular weight is 405 g/mol. The van der Waals surface area contributed by atoms with Gasteiger partial charge in [-0.15, -0.1) is 11.8 Å². The molecule has 1 atom stereocenters. The zero-order valence-corrected chi connectivity index (χ0v) is 16.3. The van der Waals surface area contributed by atoms with Gasteiger partial charge in [-0.3, -0.25) is 4.79 Å². The van der Waals surface area contributed by atoms with Crippen molar-refractivity contribution >= 4 is 40.3 Å². The van der Waals surface area contributed by atoms with E-state index in [-0.39, 0.29) is 12.6 Å². The van der Waals surface area contributed by atoms with E-state index in [0.29, 0.717) is 27.3 Å². The molecular weight excluding hydrogens is 388 g/mol. The van der Waals surface area contributed by atoms with Crippen LogP contribution in [0.1, 0.15) is 12.5 Å². The Hall–Kier alpha value is -2.44. The van der Waals surface area contributed by atoms with Gasteiger partial charge in [0.25, 0.3) is 0 Å². The first kappa shape index (κ1) is 19.3. The number of fused-ring (bicyclic) bond motifs is 1. The maximum absolute atomic E-state index is 12.3. The molecule has 0 aliphatic carbocycles. The van der Waals surface area contributed by atoms with E-state index in [9.17, 15) is 9.59 Å². The predicted molar refractivity (Wildman–Crippen MR) is 106 cm³/mol. The Kier molecular flexibility index (Phi) is 6.08. The van der Waals surface area contributed by atoms with Crippen molar-refractivity contribution in [2.45, 2.75) is 23.7 Å². The first-order valence-electron chi connectivity index (χ1n) is 8.16. The number of carbonyl (C=O) groups is 1. The van der Waals surface area contributed by atoms with Crippen LogP contribution in [0, 0.1) is 0 Å². The summed E-state index contributed by atoms with van der Waals surface area (Å²) in [5.41, 5.74) is 0.461. The Balaban J connectivity index is 1.71. The van der Waals surface area contributed by atoms with Crippen LogP contribution in [0.4, 0.5) is 0 Å². The van der Waals surface area contributed by atoms with Gasteiger partial charge in [0.1, 0.15) is 23.2 Å². The molecule has 0 amide bonds. The van der Waals surface area contributed by atoms with Gasteiger partial charge in [-0.25, -0.2) is 4.79 Å². The summed E-state index contributed by atoms with van der Waals surface area (Å²) >= 11 is 7.24. The Labute approximate surface area is 165 Å². The van der Waals surface area contributed by atoms with Crippen LogP contribution >= 0.6 is 23.4 Å². The van der Waals surface area contributed by atoms with Gasteiger partial charge in [0, 0.05) is 33.0 Å². The van der Waals surface area contributed by atoms with E-state index in [2.05, 4.69) is 0 Å². The van der Waals surface area contributed by atoms with E-state index in [4.69, 9.17) is 25.5 Å². The molecule has 0 fully saturated rings.